The van der Waals surface area contributed by atoms with Crippen molar-refractivity contribution in [2.24, 2.45) is 0 Å². The molecule has 2 aromatic carbocycles. The first-order chi connectivity index (χ1) is 13.5. The molecule has 0 radical (unpaired) electrons. The van der Waals surface area contributed by atoms with E-state index in [-0.39, 0.29) is 10.8 Å². The first kappa shape index (κ1) is 21.4. The molecule has 150 valence electrons. The van der Waals surface area contributed by atoms with Gasteiger partial charge in [0.25, 0.3) is 5.91 Å². The number of nitrogens with zero attached hydrogens (tertiary/aromatic N) is 1. The predicted molar refractivity (Wildman–Crippen MR) is 116 cm³/mol. The van der Waals surface area contributed by atoms with E-state index in [0.717, 1.165) is 25.0 Å². The third kappa shape index (κ3) is 5.37. The molecule has 1 saturated heterocycles. The molecule has 2 aromatic rings. The highest BCUT2D eigenvalue weighted by Gasteiger charge is 2.28. The van der Waals surface area contributed by atoms with Gasteiger partial charge in [0.05, 0.1) is 10.5 Å². The lowest BCUT2D eigenvalue weighted by atomic mass is 10.2. The molecule has 0 unspecified atom stereocenters. The summed E-state index contributed by atoms with van der Waals surface area (Å²) in [6, 6.07) is 14.8. The summed E-state index contributed by atoms with van der Waals surface area (Å²) in [6.07, 6.45) is 2.59. The van der Waals surface area contributed by atoms with Crippen LogP contribution in [0.1, 0.15) is 29.6 Å². The number of nitrogens with one attached hydrogen (secondary N) is 1. The monoisotopic (exact) mass is 482 g/mol. The van der Waals surface area contributed by atoms with Gasteiger partial charge in [0.1, 0.15) is 0 Å². The van der Waals surface area contributed by atoms with Crippen LogP contribution in [0.3, 0.4) is 0 Å². The van der Waals surface area contributed by atoms with Crippen LogP contribution in [0.15, 0.2) is 62.8 Å². The lowest BCUT2D eigenvalue weighted by molar-refractivity contribution is 0.0953. The maximum Gasteiger partial charge on any atom is 0.252 e. The van der Waals surface area contributed by atoms with Crippen LogP contribution in [-0.2, 0) is 10.0 Å². The van der Waals surface area contributed by atoms with E-state index in [1.807, 2.05) is 18.2 Å². The number of benzene rings is 2. The Balaban J connectivity index is 1.57. The summed E-state index contributed by atoms with van der Waals surface area (Å²) in [5, 5.41) is 2.88. The molecular weight excluding hydrogens is 460 g/mol. The number of carbonyl (C=O) groups excluding carboxylic acids is 1. The minimum atomic E-state index is -3.54. The lowest BCUT2D eigenvalue weighted by Gasteiger charge is -2.16. The van der Waals surface area contributed by atoms with Crippen LogP contribution in [-0.4, -0.2) is 44.0 Å². The van der Waals surface area contributed by atoms with Gasteiger partial charge in [-0.2, -0.15) is 4.31 Å². The Kier molecular flexibility index (Phi) is 7.56. The first-order valence-electron chi connectivity index (χ1n) is 9.24. The van der Waals surface area contributed by atoms with E-state index >= 15 is 0 Å². The van der Waals surface area contributed by atoms with Gasteiger partial charge in [0.2, 0.25) is 10.0 Å². The average molecular weight is 483 g/mol. The maximum absolute atomic E-state index is 12.7. The Bertz CT molecular complexity index is 914. The zero-order valence-corrected chi connectivity index (χ0v) is 18.7. The van der Waals surface area contributed by atoms with E-state index in [2.05, 4.69) is 33.4 Å². The maximum atomic E-state index is 12.7. The molecule has 0 aliphatic carbocycles. The standard InChI is InChI=1S/C20H23BrN2O3S2/c21-19-10-9-17(28(25,26)23-12-4-5-13-23)15-18(19)20(24)22-11-6-14-27-16-7-2-1-3-8-16/h1-3,7-10,15H,4-6,11-14H2,(H,22,24). The summed E-state index contributed by atoms with van der Waals surface area (Å²) in [4.78, 5) is 13.9. The van der Waals surface area contributed by atoms with Crippen molar-refractivity contribution in [2.75, 3.05) is 25.4 Å². The summed E-state index contributed by atoms with van der Waals surface area (Å²) < 4.78 is 27.5. The molecule has 1 aliphatic heterocycles. The van der Waals surface area contributed by atoms with Crippen molar-refractivity contribution in [3.05, 3.63) is 58.6 Å². The van der Waals surface area contributed by atoms with Crippen molar-refractivity contribution in [3.63, 3.8) is 0 Å². The van der Waals surface area contributed by atoms with Gasteiger partial charge in [0, 0.05) is 29.0 Å². The topological polar surface area (TPSA) is 66.5 Å². The Hall–Kier alpha value is -1.35. The minimum Gasteiger partial charge on any atom is -0.352 e. The molecule has 8 heteroatoms. The molecular formula is C20H23BrN2O3S2. The number of sulfonamides is 1. The Morgan fingerprint density at radius 2 is 1.82 bits per heavy atom. The van der Waals surface area contributed by atoms with Crippen molar-refractivity contribution in [1.29, 1.82) is 0 Å². The number of rotatable bonds is 8. The van der Waals surface area contributed by atoms with E-state index < -0.39 is 10.0 Å². The van der Waals surface area contributed by atoms with Crippen molar-refractivity contribution in [2.45, 2.75) is 29.1 Å². The fourth-order valence-electron chi connectivity index (χ4n) is 2.99. The average Bonchev–Trinajstić information content (AvgIpc) is 3.24. The van der Waals surface area contributed by atoms with E-state index in [4.69, 9.17) is 0 Å². The molecule has 0 saturated carbocycles. The quantitative estimate of drug-likeness (QED) is 0.453. The fraction of sp³-hybridized carbons (Fsp3) is 0.350. The van der Waals surface area contributed by atoms with Crippen LogP contribution in [0.5, 0.6) is 0 Å². The summed E-state index contributed by atoms with van der Waals surface area (Å²) in [7, 11) is -3.54. The number of halogens is 1. The predicted octanol–water partition coefficient (Wildman–Crippen LogP) is 4.15. The molecule has 1 aliphatic rings. The Morgan fingerprint density at radius 3 is 2.54 bits per heavy atom. The molecule has 1 fully saturated rings. The number of amides is 1. The highest BCUT2D eigenvalue weighted by Crippen LogP contribution is 2.25. The van der Waals surface area contributed by atoms with Gasteiger partial charge < -0.3 is 5.32 Å². The molecule has 1 heterocycles. The second-order valence-corrected chi connectivity index (χ2v) is 10.5. The Labute approximate surface area is 179 Å². The van der Waals surface area contributed by atoms with Gasteiger partial charge in [-0.1, -0.05) is 18.2 Å². The number of thioether (sulfide) groups is 1. The normalized spacial score (nSPS) is 14.9. The Morgan fingerprint density at radius 1 is 1.11 bits per heavy atom. The van der Waals surface area contributed by atoms with E-state index in [1.54, 1.807) is 23.9 Å². The summed E-state index contributed by atoms with van der Waals surface area (Å²) in [5.41, 5.74) is 0.344. The van der Waals surface area contributed by atoms with Crippen LogP contribution >= 0.6 is 27.7 Å². The largest absolute Gasteiger partial charge is 0.352 e. The van der Waals surface area contributed by atoms with Crippen molar-refractivity contribution < 1.29 is 13.2 Å². The van der Waals surface area contributed by atoms with Crippen molar-refractivity contribution in [1.82, 2.24) is 9.62 Å². The molecule has 28 heavy (non-hydrogen) atoms. The summed E-state index contributed by atoms with van der Waals surface area (Å²) >= 11 is 5.11. The van der Waals surface area contributed by atoms with Gasteiger partial charge in [-0.25, -0.2) is 8.42 Å². The first-order valence-corrected chi connectivity index (χ1v) is 12.5. The van der Waals surface area contributed by atoms with Gasteiger partial charge in [0.15, 0.2) is 0 Å². The van der Waals surface area contributed by atoms with Crippen molar-refractivity contribution >= 4 is 43.6 Å². The second-order valence-electron chi connectivity index (χ2n) is 6.52. The fourth-order valence-corrected chi connectivity index (χ4v) is 5.84. The second kappa shape index (κ2) is 9.91. The number of hydrogen-bond acceptors (Lipinski definition) is 4. The number of hydrogen-bond donors (Lipinski definition) is 1. The zero-order valence-electron chi connectivity index (χ0n) is 15.4. The summed E-state index contributed by atoms with van der Waals surface area (Å²) in [5.74, 6) is 0.629. The summed E-state index contributed by atoms with van der Waals surface area (Å²) in [6.45, 7) is 1.62. The van der Waals surface area contributed by atoms with Crippen LogP contribution in [0.25, 0.3) is 0 Å². The van der Waals surface area contributed by atoms with E-state index in [9.17, 15) is 13.2 Å². The van der Waals surface area contributed by atoms with Gasteiger partial charge in [-0.3, -0.25) is 4.79 Å². The zero-order chi connectivity index (χ0) is 20.0. The third-order valence-corrected chi connectivity index (χ3v) is 8.19. The van der Waals surface area contributed by atoms with E-state index in [1.165, 1.54) is 15.3 Å². The van der Waals surface area contributed by atoms with Gasteiger partial charge in [-0.05, 0) is 71.3 Å². The van der Waals surface area contributed by atoms with Crippen LogP contribution in [0.2, 0.25) is 0 Å². The SMILES string of the molecule is O=C(NCCCSc1ccccc1)c1cc(S(=O)(=O)N2CCCC2)ccc1Br. The van der Waals surface area contributed by atoms with Crippen LogP contribution < -0.4 is 5.32 Å². The highest BCUT2D eigenvalue weighted by atomic mass is 79.9. The number of carbonyl (C=O) groups is 1. The van der Waals surface area contributed by atoms with Gasteiger partial charge in [-0.15, -0.1) is 11.8 Å². The molecule has 3 rings (SSSR count). The van der Waals surface area contributed by atoms with Crippen molar-refractivity contribution in [3.8, 4) is 0 Å². The molecule has 0 atom stereocenters. The molecule has 0 aromatic heterocycles. The lowest BCUT2D eigenvalue weighted by Crippen LogP contribution is -2.29. The molecule has 5 nitrogen and oxygen atoms in total. The van der Waals surface area contributed by atoms with Crippen LogP contribution in [0, 0.1) is 0 Å². The van der Waals surface area contributed by atoms with Crippen LogP contribution in [0.4, 0.5) is 0 Å². The molecule has 1 amide bonds. The minimum absolute atomic E-state index is 0.169. The molecule has 1 N–H and O–H groups in total. The van der Waals surface area contributed by atoms with E-state index in [0.29, 0.717) is 29.7 Å². The smallest absolute Gasteiger partial charge is 0.252 e. The highest BCUT2D eigenvalue weighted by molar-refractivity contribution is 9.10. The molecule has 0 spiro atoms. The third-order valence-electron chi connectivity index (χ3n) is 4.50. The van der Waals surface area contributed by atoms with Gasteiger partial charge >= 0.3 is 0 Å². The molecule has 0 bridgehead atoms.